The minimum absolute atomic E-state index is 0.0774. The van der Waals surface area contributed by atoms with Crippen LogP contribution in [0.5, 0.6) is 0 Å². The van der Waals surface area contributed by atoms with E-state index in [4.69, 9.17) is 11.5 Å². The predicted molar refractivity (Wildman–Crippen MR) is 86.6 cm³/mol. The Balaban J connectivity index is 2.50. The second kappa shape index (κ2) is 5.60. The standard InChI is InChI=1S/C14H10N2O6S2/c15-9-7-8(10(16)14(24(21)22)13(9)23(19)20)12(18)6-4-2-1-3-5(6)11(7)17/h1-4H,15-16H2,(H,19,20)(H,21,22). The van der Waals surface area contributed by atoms with Crippen LogP contribution in [0.15, 0.2) is 34.1 Å². The Labute approximate surface area is 140 Å². The fraction of sp³-hybridized carbons (Fsp3) is 0. The molecule has 2 atom stereocenters. The maximum Gasteiger partial charge on any atom is 0.196 e. The van der Waals surface area contributed by atoms with Gasteiger partial charge in [-0.2, -0.15) is 0 Å². The lowest BCUT2D eigenvalue weighted by Crippen LogP contribution is -2.26. The van der Waals surface area contributed by atoms with Gasteiger partial charge in [-0.1, -0.05) is 24.3 Å². The fourth-order valence-electron chi connectivity index (χ4n) is 2.71. The smallest absolute Gasteiger partial charge is 0.196 e. The molecule has 0 spiro atoms. The van der Waals surface area contributed by atoms with Gasteiger partial charge < -0.3 is 20.6 Å². The third kappa shape index (κ3) is 2.12. The van der Waals surface area contributed by atoms with Gasteiger partial charge in [-0.25, -0.2) is 8.42 Å². The third-order valence-corrected chi connectivity index (χ3v) is 5.38. The van der Waals surface area contributed by atoms with Gasteiger partial charge in [0.2, 0.25) is 0 Å². The monoisotopic (exact) mass is 366 g/mol. The van der Waals surface area contributed by atoms with E-state index in [1.165, 1.54) is 12.1 Å². The Morgan fingerprint density at radius 2 is 1.08 bits per heavy atom. The summed E-state index contributed by atoms with van der Waals surface area (Å²) in [5.41, 5.74) is 10.1. The number of rotatable bonds is 2. The highest BCUT2D eigenvalue weighted by Gasteiger charge is 2.38. The Morgan fingerprint density at radius 1 is 0.750 bits per heavy atom. The van der Waals surface area contributed by atoms with Crippen LogP contribution >= 0.6 is 0 Å². The van der Waals surface area contributed by atoms with Crippen molar-refractivity contribution in [2.24, 2.45) is 0 Å². The van der Waals surface area contributed by atoms with Gasteiger partial charge in [0.25, 0.3) is 0 Å². The average molecular weight is 366 g/mol. The summed E-state index contributed by atoms with van der Waals surface area (Å²) in [7, 11) is 0. The van der Waals surface area contributed by atoms with Gasteiger partial charge in [-0.05, 0) is 0 Å². The Hall–Kier alpha value is -2.40. The molecule has 0 amide bonds. The Kier molecular flexibility index (Phi) is 3.84. The summed E-state index contributed by atoms with van der Waals surface area (Å²) in [4.78, 5) is 24.1. The van der Waals surface area contributed by atoms with Crippen LogP contribution in [0.1, 0.15) is 31.8 Å². The zero-order chi connectivity index (χ0) is 17.8. The van der Waals surface area contributed by atoms with Crippen LogP contribution in [0, 0.1) is 0 Å². The van der Waals surface area contributed by atoms with Crippen molar-refractivity contribution >= 4 is 45.1 Å². The van der Waals surface area contributed by atoms with E-state index in [2.05, 4.69) is 0 Å². The van der Waals surface area contributed by atoms with E-state index in [0.717, 1.165) is 0 Å². The number of hydrogen-bond acceptors (Lipinski definition) is 6. The molecular weight excluding hydrogens is 356 g/mol. The van der Waals surface area contributed by atoms with E-state index in [0.29, 0.717) is 0 Å². The second-order valence-corrected chi connectivity index (χ2v) is 6.75. The van der Waals surface area contributed by atoms with Crippen LogP contribution in [0.25, 0.3) is 0 Å². The van der Waals surface area contributed by atoms with Gasteiger partial charge in [-0.15, -0.1) is 0 Å². The van der Waals surface area contributed by atoms with E-state index >= 15 is 0 Å². The summed E-state index contributed by atoms with van der Waals surface area (Å²) in [6.45, 7) is 0. The number of ketones is 2. The first-order chi connectivity index (χ1) is 11.3. The molecule has 6 N–H and O–H groups in total. The summed E-state index contributed by atoms with van der Waals surface area (Å²) in [6, 6.07) is 5.94. The number of fused-ring (bicyclic) bond motifs is 2. The number of benzene rings is 2. The summed E-state index contributed by atoms with van der Waals surface area (Å²) in [5.74, 6) is -1.29. The molecule has 2 unspecified atom stereocenters. The SMILES string of the molecule is Nc1c2c(c(N)c(S(=O)O)c1S(=O)O)C(=O)c1ccccc1C2=O. The van der Waals surface area contributed by atoms with Crippen LogP contribution in [0.3, 0.4) is 0 Å². The highest BCUT2D eigenvalue weighted by atomic mass is 32.2. The molecule has 0 saturated heterocycles. The maximum absolute atomic E-state index is 12.7. The van der Waals surface area contributed by atoms with Crippen LogP contribution in [-0.2, 0) is 22.2 Å². The summed E-state index contributed by atoms with van der Waals surface area (Å²) in [5, 5.41) is 0. The first-order valence-electron chi connectivity index (χ1n) is 6.42. The van der Waals surface area contributed by atoms with Crippen molar-refractivity contribution in [2.75, 3.05) is 11.5 Å². The van der Waals surface area contributed by atoms with Crippen molar-refractivity contribution in [3.63, 3.8) is 0 Å². The zero-order valence-electron chi connectivity index (χ0n) is 11.8. The molecular formula is C14H10N2O6S2. The molecule has 24 heavy (non-hydrogen) atoms. The third-order valence-electron chi connectivity index (χ3n) is 3.70. The molecule has 0 heterocycles. The van der Waals surface area contributed by atoms with Gasteiger partial charge in [0, 0.05) is 11.1 Å². The molecule has 2 aromatic rings. The molecule has 2 aromatic carbocycles. The van der Waals surface area contributed by atoms with Crippen molar-refractivity contribution in [3.05, 3.63) is 46.5 Å². The fourth-order valence-corrected chi connectivity index (χ4v) is 4.25. The largest absolute Gasteiger partial charge is 0.397 e. The van der Waals surface area contributed by atoms with Crippen molar-refractivity contribution in [3.8, 4) is 0 Å². The topological polar surface area (TPSA) is 161 Å². The second-order valence-electron chi connectivity index (χ2n) is 4.94. The first-order valence-corrected chi connectivity index (χ1v) is 8.63. The van der Waals surface area contributed by atoms with Gasteiger partial charge in [0.05, 0.1) is 22.5 Å². The molecule has 10 heteroatoms. The molecule has 0 bridgehead atoms. The normalized spacial score (nSPS) is 15.6. The Bertz CT molecular complexity index is 908. The van der Waals surface area contributed by atoms with Crippen LogP contribution in [0.2, 0.25) is 0 Å². The minimum atomic E-state index is -2.79. The van der Waals surface area contributed by atoms with Crippen molar-refractivity contribution in [1.82, 2.24) is 0 Å². The van der Waals surface area contributed by atoms with E-state index in [9.17, 15) is 27.1 Å². The maximum atomic E-state index is 12.7. The molecule has 3 rings (SSSR count). The van der Waals surface area contributed by atoms with Gasteiger partial charge in [0.15, 0.2) is 33.7 Å². The number of hydrogen-bond donors (Lipinski definition) is 4. The van der Waals surface area contributed by atoms with Crippen molar-refractivity contribution < 1.29 is 27.1 Å². The highest BCUT2D eigenvalue weighted by Crippen LogP contribution is 2.41. The molecule has 1 aliphatic rings. The number of nitrogen functional groups attached to an aromatic ring is 2. The average Bonchev–Trinajstić information content (AvgIpc) is 2.53. The number of carbonyl (C=O) groups excluding carboxylic acids is 2. The Morgan fingerprint density at radius 3 is 1.38 bits per heavy atom. The lowest BCUT2D eigenvalue weighted by molar-refractivity contribution is 0.0980. The van der Waals surface area contributed by atoms with Crippen LogP contribution < -0.4 is 11.5 Å². The summed E-state index contributed by atoms with van der Waals surface area (Å²) >= 11 is -5.57. The lowest BCUT2D eigenvalue weighted by Gasteiger charge is -2.23. The highest BCUT2D eigenvalue weighted by molar-refractivity contribution is 7.82. The predicted octanol–water partition coefficient (Wildman–Crippen LogP) is 0.788. The molecule has 124 valence electrons. The lowest BCUT2D eigenvalue weighted by atomic mass is 9.82. The molecule has 1 aliphatic carbocycles. The van der Waals surface area contributed by atoms with E-state index in [1.54, 1.807) is 12.1 Å². The summed E-state index contributed by atoms with van der Waals surface area (Å²) in [6.07, 6.45) is 0. The summed E-state index contributed by atoms with van der Waals surface area (Å²) < 4.78 is 41.9. The quantitative estimate of drug-likeness (QED) is 0.382. The zero-order valence-corrected chi connectivity index (χ0v) is 13.4. The molecule has 0 saturated carbocycles. The molecule has 8 nitrogen and oxygen atoms in total. The number of carbonyl (C=O) groups is 2. The number of anilines is 2. The van der Waals surface area contributed by atoms with Crippen LogP contribution in [0.4, 0.5) is 11.4 Å². The van der Waals surface area contributed by atoms with Crippen molar-refractivity contribution in [2.45, 2.75) is 9.79 Å². The van der Waals surface area contributed by atoms with E-state index < -0.39 is 54.9 Å². The molecule has 0 aromatic heterocycles. The minimum Gasteiger partial charge on any atom is -0.397 e. The van der Waals surface area contributed by atoms with Gasteiger partial charge in [-0.3, -0.25) is 9.59 Å². The van der Waals surface area contributed by atoms with Gasteiger partial charge >= 0.3 is 0 Å². The van der Waals surface area contributed by atoms with E-state index in [1.807, 2.05) is 0 Å². The molecule has 0 aliphatic heterocycles. The van der Waals surface area contributed by atoms with Crippen LogP contribution in [-0.4, -0.2) is 29.1 Å². The van der Waals surface area contributed by atoms with Crippen molar-refractivity contribution in [1.29, 1.82) is 0 Å². The first kappa shape index (κ1) is 16.5. The number of nitrogens with two attached hydrogens (primary N) is 2. The molecule has 0 fully saturated rings. The molecule has 0 radical (unpaired) electrons. The van der Waals surface area contributed by atoms with Gasteiger partial charge in [0.1, 0.15) is 9.79 Å². The van der Waals surface area contributed by atoms with E-state index in [-0.39, 0.29) is 22.3 Å².